The van der Waals surface area contributed by atoms with E-state index in [4.69, 9.17) is 5.11 Å². The van der Waals surface area contributed by atoms with Crippen LogP contribution in [0.5, 0.6) is 0 Å². The number of benzene rings is 1. The van der Waals surface area contributed by atoms with Crippen LogP contribution in [-0.4, -0.2) is 17.0 Å². The zero-order chi connectivity index (χ0) is 14.0. The number of nitrogens with one attached hydrogen (secondary N) is 1. The molecule has 1 heterocycles. The molecule has 1 aromatic carbocycles. The summed E-state index contributed by atoms with van der Waals surface area (Å²) in [6, 6.07) is 6.81. The Balaban J connectivity index is 2.23. The second kappa shape index (κ2) is 5.54. The van der Waals surface area contributed by atoms with E-state index in [0.717, 1.165) is 21.4 Å². The zero-order valence-corrected chi connectivity index (χ0v) is 12.3. The van der Waals surface area contributed by atoms with Crippen LogP contribution < -0.4 is 5.32 Å². The first kappa shape index (κ1) is 13.8. The van der Waals surface area contributed by atoms with Gasteiger partial charge in [0.1, 0.15) is 4.88 Å². The molecule has 19 heavy (non-hydrogen) atoms. The van der Waals surface area contributed by atoms with Gasteiger partial charge in [-0.3, -0.25) is 4.79 Å². The van der Waals surface area contributed by atoms with Crippen molar-refractivity contribution in [1.82, 2.24) is 0 Å². The van der Waals surface area contributed by atoms with E-state index in [1.165, 1.54) is 0 Å². The van der Waals surface area contributed by atoms with Gasteiger partial charge in [-0.15, -0.1) is 11.3 Å². The molecule has 0 fully saturated rings. The van der Waals surface area contributed by atoms with Gasteiger partial charge in [-0.05, 0) is 36.1 Å². The van der Waals surface area contributed by atoms with Crippen molar-refractivity contribution < 1.29 is 14.7 Å². The van der Waals surface area contributed by atoms with Gasteiger partial charge in [-0.25, -0.2) is 4.79 Å². The van der Waals surface area contributed by atoms with Gasteiger partial charge in [0, 0.05) is 10.0 Å². The standard InChI is InChI=1S/C13H10BrNO3S/c1-7-2-3-8(6-9(7)14)12(16)15-10-4-5-19-11(10)13(17)18/h2-6H,1H3,(H,15,16)(H,17,18). The van der Waals surface area contributed by atoms with Crippen molar-refractivity contribution in [3.8, 4) is 0 Å². The largest absolute Gasteiger partial charge is 0.477 e. The lowest BCUT2D eigenvalue weighted by Gasteiger charge is -2.06. The van der Waals surface area contributed by atoms with Crippen LogP contribution in [0.3, 0.4) is 0 Å². The van der Waals surface area contributed by atoms with Crippen LogP contribution in [-0.2, 0) is 0 Å². The lowest BCUT2D eigenvalue weighted by molar-refractivity contribution is 0.0703. The molecule has 0 aliphatic heterocycles. The Hall–Kier alpha value is -1.66. The monoisotopic (exact) mass is 339 g/mol. The molecule has 1 aromatic heterocycles. The van der Waals surface area contributed by atoms with E-state index in [-0.39, 0.29) is 10.8 Å². The molecule has 2 aromatic rings. The molecular formula is C13H10BrNO3S. The van der Waals surface area contributed by atoms with Gasteiger partial charge in [0.15, 0.2) is 0 Å². The van der Waals surface area contributed by atoms with Crippen LogP contribution in [0.4, 0.5) is 5.69 Å². The summed E-state index contributed by atoms with van der Waals surface area (Å²) in [4.78, 5) is 23.1. The third kappa shape index (κ3) is 3.02. The van der Waals surface area contributed by atoms with Crippen molar-refractivity contribution in [2.45, 2.75) is 6.92 Å². The first-order valence-corrected chi connectivity index (χ1v) is 7.04. The summed E-state index contributed by atoms with van der Waals surface area (Å²) in [6.07, 6.45) is 0. The fraction of sp³-hybridized carbons (Fsp3) is 0.0769. The lowest BCUT2D eigenvalue weighted by Crippen LogP contribution is -2.13. The third-order valence-electron chi connectivity index (χ3n) is 2.54. The number of thiophene rings is 1. The van der Waals surface area contributed by atoms with Gasteiger partial charge < -0.3 is 10.4 Å². The Kier molecular flexibility index (Phi) is 4.01. The SMILES string of the molecule is Cc1ccc(C(=O)Nc2ccsc2C(=O)O)cc1Br. The molecule has 6 heteroatoms. The second-order valence-electron chi connectivity index (χ2n) is 3.89. The van der Waals surface area contributed by atoms with Crippen molar-refractivity contribution in [3.05, 3.63) is 50.1 Å². The minimum absolute atomic E-state index is 0.125. The quantitative estimate of drug-likeness (QED) is 0.894. The smallest absolute Gasteiger partial charge is 0.348 e. The molecule has 2 N–H and O–H groups in total. The first-order chi connectivity index (χ1) is 8.99. The van der Waals surface area contributed by atoms with Gasteiger partial charge in [0.05, 0.1) is 5.69 Å². The van der Waals surface area contributed by atoms with Crippen LogP contribution in [0.1, 0.15) is 25.6 Å². The van der Waals surface area contributed by atoms with Crippen molar-refractivity contribution >= 4 is 44.8 Å². The number of carboxylic acid groups (broad SMARTS) is 1. The number of aromatic carboxylic acids is 1. The summed E-state index contributed by atoms with van der Waals surface area (Å²) in [5.41, 5.74) is 1.82. The van der Waals surface area contributed by atoms with Crippen molar-refractivity contribution in [3.63, 3.8) is 0 Å². The minimum Gasteiger partial charge on any atom is -0.477 e. The summed E-state index contributed by atoms with van der Waals surface area (Å²) >= 11 is 4.43. The molecule has 0 aliphatic rings. The summed E-state index contributed by atoms with van der Waals surface area (Å²) in [5, 5.41) is 13.2. The molecule has 0 radical (unpaired) electrons. The Labute approximate surface area is 122 Å². The van der Waals surface area contributed by atoms with Crippen molar-refractivity contribution in [2.24, 2.45) is 0 Å². The predicted octanol–water partition coefficient (Wildman–Crippen LogP) is 3.77. The van der Waals surface area contributed by atoms with E-state index in [2.05, 4.69) is 21.2 Å². The highest BCUT2D eigenvalue weighted by Crippen LogP contribution is 2.23. The molecule has 0 saturated heterocycles. The Morgan fingerprint density at radius 1 is 1.32 bits per heavy atom. The molecule has 0 bridgehead atoms. The normalized spacial score (nSPS) is 10.2. The molecule has 0 saturated carbocycles. The number of carboxylic acids is 1. The van der Waals surface area contributed by atoms with Crippen LogP contribution in [0.2, 0.25) is 0 Å². The average molecular weight is 340 g/mol. The molecule has 0 spiro atoms. The Morgan fingerprint density at radius 2 is 2.05 bits per heavy atom. The number of carbonyl (C=O) groups excluding carboxylic acids is 1. The third-order valence-corrected chi connectivity index (χ3v) is 4.30. The minimum atomic E-state index is -1.05. The fourth-order valence-electron chi connectivity index (χ4n) is 1.50. The van der Waals surface area contributed by atoms with Crippen molar-refractivity contribution in [1.29, 1.82) is 0 Å². The average Bonchev–Trinajstić information content (AvgIpc) is 2.80. The Morgan fingerprint density at radius 3 is 2.68 bits per heavy atom. The van der Waals surface area contributed by atoms with E-state index in [1.807, 2.05) is 13.0 Å². The number of aryl methyl sites for hydroxylation is 1. The molecule has 0 atom stereocenters. The summed E-state index contributed by atoms with van der Waals surface area (Å²) in [6.45, 7) is 1.92. The maximum atomic E-state index is 12.0. The molecule has 98 valence electrons. The number of halogens is 1. The van der Waals surface area contributed by atoms with Gasteiger partial charge in [0.2, 0.25) is 0 Å². The van der Waals surface area contributed by atoms with E-state index < -0.39 is 5.97 Å². The number of hydrogen-bond donors (Lipinski definition) is 2. The van der Waals surface area contributed by atoms with Crippen LogP contribution in [0.25, 0.3) is 0 Å². The van der Waals surface area contributed by atoms with Crippen LogP contribution >= 0.6 is 27.3 Å². The predicted molar refractivity (Wildman–Crippen MR) is 78.1 cm³/mol. The molecule has 2 rings (SSSR count). The molecule has 0 aliphatic carbocycles. The van der Waals surface area contributed by atoms with Gasteiger partial charge >= 0.3 is 5.97 Å². The van der Waals surface area contributed by atoms with Crippen LogP contribution in [0.15, 0.2) is 34.1 Å². The van der Waals surface area contributed by atoms with Crippen molar-refractivity contribution in [2.75, 3.05) is 5.32 Å². The molecular weight excluding hydrogens is 330 g/mol. The van der Waals surface area contributed by atoms with E-state index >= 15 is 0 Å². The van der Waals surface area contributed by atoms with Gasteiger partial charge in [0.25, 0.3) is 5.91 Å². The number of carbonyl (C=O) groups is 2. The molecule has 1 amide bonds. The van der Waals surface area contributed by atoms with E-state index in [1.54, 1.807) is 23.6 Å². The van der Waals surface area contributed by atoms with Gasteiger partial charge in [-0.1, -0.05) is 22.0 Å². The van der Waals surface area contributed by atoms with Crippen LogP contribution in [0, 0.1) is 6.92 Å². The summed E-state index contributed by atoms with van der Waals surface area (Å²) in [7, 11) is 0. The maximum Gasteiger partial charge on any atom is 0.348 e. The summed E-state index contributed by atoms with van der Waals surface area (Å²) in [5.74, 6) is -1.38. The highest BCUT2D eigenvalue weighted by molar-refractivity contribution is 9.10. The number of amides is 1. The number of anilines is 1. The zero-order valence-electron chi connectivity index (χ0n) is 9.94. The lowest BCUT2D eigenvalue weighted by atomic mass is 10.1. The molecule has 0 unspecified atom stereocenters. The Bertz CT molecular complexity index is 651. The maximum absolute atomic E-state index is 12.0. The second-order valence-corrected chi connectivity index (χ2v) is 5.66. The van der Waals surface area contributed by atoms with Gasteiger partial charge in [-0.2, -0.15) is 0 Å². The fourth-order valence-corrected chi connectivity index (χ4v) is 2.57. The molecule has 4 nitrogen and oxygen atoms in total. The number of hydrogen-bond acceptors (Lipinski definition) is 3. The topological polar surface area (TPSA) is 66.4 Å². The highest BCUT2D eigenvalue weighted by atomic mass is 79.9. The van der Waals surface area contributed by atoms with E-state index in [9.17, 15) is 9.59 Å². The first-order valence-electron chi connectivity index (χ1n) is 5.37. The summed E-state index contributed by atoms with van der Waals surface area (Å²) < 4.78 is 0.837. The number of rotatable bonds is 3. The van der Waals surface area contributed by atoms with E-state index in [0.29, 0.717) is 11.3 Å². The highest BCUT2D eigenvalue weighted by Gasteiger charge is 2.15.